The van der Waals surface area contributed by atoms with E-state index in [0.29, 0.717) is 32.6 Å². The zero-order chi connectivity index (χ0) is 33.2. The molecule has 0 radical (unpaired) electrons. The third kappa shape index (κ3) is 10.7. The fourth-order valence-corrected chi connectivity index (χ4v) is 6.07. The molecule has 0 unspecified atom stereocenters. The van der Waals surface area contributed by atoms with Crippen LogP contribution in [0.25, 0.3) is 11.1 Å². The standard InChI is InChI=1S/C31H30ClF6N5O3.3ClH/c32-23-13-20(12-22(15-23)30(33,34)35)25-16-39-27(14-21(25)17-43-7-1-2-26(43)31(36,37)38)40-29(46)19-3-5-24(6-4-19)42-10-8-41(9-11-42)18-28(44)45;;;/h3-6,12-16,26H,1-2,7-11,17-18H2,(H,44,45)(H,39,40,46);3*1H/t26-;;;/m0.../s1. The maximum absolute atomic E-state index is 13.7. The fourth-order valence-electron chi connectivity index (χ4n) is 5.84. The van der Waals surface area contributed by atoms with E-state index in [9.17, 15) is 35.9 Å². The largest absolute Gasteiger partial charge is 0.480 e. The molecule has 3 heterocycles. The third-order valence-electron chi connectivity index (χ3n) is 8.11. The van der Waals surface area contributed by atoms with E-state index in [1.165, 1.54) is 23.2 Å². The van der Waals surface area contributed by atoms with Gasteiger partial charge in [-0.3, -0.25) is 19.4 Å². The molecule has 8 nitrogen and oxygen atoms in total. The van der Waals surface area contributed by atoms with Gasteiger partial charge in [0.2, 0.25) is 0 Å². The first-order chi connectivity index (χ1) is 21.7. The van der Waals surface area contributed by atoms with Crippen molar-refractivity contribution in [3.05, 3.63) is 76.4 Å². The van der Waals surface area contributed by atoms with Crippen LogP contribution in [0.1, 0.15) is 34.3 Å². The molecule has 5 rings (SSSR count). The number of alkyl halides is 6. The molecular formula is C31H33Cl4F6N5O3. The third-order valence-corrected chi connectivity index (χ3v) is 8.33. The van der Waals surface area contributed by atoms with Gasteiger partial charge in [-0.25, -0.2) is 4.98 Å². The van der Waals surface area contributed by atoms with Crippen molar-refractivity contribution in [3.63, 3.8) is 0 Å². The van der Waals surface area contributed by atoms with Crippen molar-refractivity contribution in [2.24, 2.45) is 0 Å². The molecule has 0 bridgehead atoms. The first-order valence-corrected chi connectivity index (χ1v) is 14.8. The Morgan fingerprint density at radius 2 is 1.57 bits per heavy atom. The Labute approximate surface area is 302 Å². The molecule has 3 aromatic rings. The van der Waals surface area contributed by atoms with Gasteiger partial charge in [0.05, 0.1) is 12.1 Å². The Kier molecular flexibility index (Phi) is 14.9. The maximum Gasteiger partial charge on any atom is 0.416 e. The molecule has 0 aliphatic carbocycles. The average molecular weight is 779 g/mol. The molecule has 2 fully saturated rings. The lowest BCUT2D eigenvalue weighted by atomic mass is 9.99. The van der Waals surface area contributed by atoms with Crippen molar-refractivity contribution in [1.29, 1.82) is 0 Å². The predicted octanol–water partition coefficient (Wildman–Crippen LogP) is 7.67. The molecule has 1 amide bonds. The molecule has 2 aliphatic rings. The molecule has 2 N–H and O–H groups in total. The van der Waals surface area contributed by atoms with Gasteiger partial charge in [-0.15, -0.1) is 37.2 Å². The number of carbonyl (C=O) groups excluding carboxylic acids is 1. The lowest BCUT2D eigenvalue weighted by Crippen LogP contribution is -2.47. The van der Waals surface area contributed by atoms with Crippen LogP contribution in [0.4, 0.5) is 37.8 Å². The number of amides is 1. The lowest BCUT2D eigenvalue weighted by molar-refractivity contribution is -0.177. The second-order valence-electron chi connectivity index (χ2n) is 11.3. The van der Waals surface area contributed by atoms with E-state index >= 15 is 0 Å². The summed E-state index contributed by atoms with van der Waals surface area (Å²) in [6, 6.07) is 9.29. The van der Waals surface area contributed by atoms with Crippen molar-refractivity contribution in [1.82, 2.24) is 14.8 Å². The number of likely N-dealkylation sites (tertiary alicyclic amines) is 1. The van der Waals surface area contributed by atoms with E-state index in [4.69, 9.17) is 16.7 Å². The number of pyridine rings is 1. The number of piperazine rings is 1. The van der Waals surface area contributed by atoms with E-state index in [1.807, 2.05) is 4.90 Å². The van der Waals surface area contributed by atoms with Gasteiger partial charge in [0.1, 0.15) is 11.9 Å². The zero-order valence-corrected chi connectivity index (χ0v) is 28.8. The number of carboxylic acid groups (broad SMARTS) is 1. The van der Waals surface area contributed by atoms with Crippen molar-refractivity contribution >= 4 is 72.2 Å². The molecule has 0 saturated carbocycles. The van der Waals surface area contributed by atoms with Crippen LogP contribution in [0.3, 0.4) is 0 Å². The van der Waals surface area contributed by atoms with Crippen LogP contribution in [-0.2, 0) is 17.5 Å². The van der Waals surface area contributed by atoms with Gasteiger partial charge >= 0.3 is 18.3 Å². The summed E-state index contributed by atoms with van der Waals surface area (Å²) < 4.78 is 81.9. The van der Waals surface area contributed by atoms with E-state index in [0.717, 1.165) is 17.8 Å². The highest BCUT2D eigenvalue weighted by Gasteiger charge is 2.45. The van der Waals surface area contributed by atoms with Crippen LogP contribution in [-0.4, -0.2) is 83.3 Å². The molecule has 270 valence electrons. The highest BCUT2D eigenvalue weighted by molar-refractivity contribution is 6.31. The Morgan fingerprint density at radius 3 is 2.16 bits per heavy atom. The van der Waals surface area contributed by atoms with Crippen molar-refractivity contribution in [3.8, 4) is 11.1 Å². The smallest absolute Gasteiger partial charge is 0.416 e. The number of nitrogens with one attached hydrogen (secondary N) is 1. The molecule has 49 heavy (non-hydrogen) atoms. The SMILES string of the molecule is Cl.Cl.Cl.O=C(O)CN1CCN(c2ccc(C(=O)Nc3cc(CN4CCC[C@H]4C(F)(F)F)c(-c4cc(Cl)cc(C(F)(F)F)c4)cn3)cc2)CC1. The first-order valence-electron chi connectivity index (χ1n) is 14.5. The second kappa shape index (κ2) is 17.3. The summed E-state index contributed by atoms with van der Waals surface area (Å²) in [6.45, 7) is 2.24. The summed E-state index contributed by atoms with van der Waals surface area (Å²) in [6.07, 6.45) is -7.77. The van der Waals surface area contributed by atoms with Gasteiger partial charge in [-0.05, 0) is 79.0 Å². The van der Waals surface area contributed by atoms with Crippen molar-refractivity contribution < 1.29 is 41.0 Å². The highest BCUT2D eigenvalue weighted by Crippen LogP contribution is 2.38. The van der Waals surface area contributed by atoms with Crippen LogP contribution in [0.2, 0.25) is 5.02 Å². The van der Waals surface area contributed by atoms with Gasteiger partial charge in [-0.1, -0.05) is 11.6 Å². The predicted molar refractivity (Wildman–Crippen MR) is 182 cm³/mol. The minimum absolute atomic E-state index is 0. The number of aliphatic carboxylic acids is 1. The Balaban J connectivity index is 0.00000278. The van der Waals surface area contributed by atoms with Crippen LogP contribution in [0, 0.1) is 0 Å². The quantitative estimate of drug-likeness (QED) is 0.227. The minimum atomic E-state index is -4.71. The Morgan fingerprint density at radius 1 is 0.918 bits per heavy atom. The number of hydrogen-bond donors (Lipinski definition) is 2. The number of nitrogens with zero attached hydrogens (tertiary/aromatic N) is 4. The molecule has 2 saturated heterocycles. The monoisotopic (exact) mass is 777 g/mol. The molecule has 2 aliphatic heterocycles. The lowest BCUT2D eigenvalue weighted by Gasteiger charge is -2.35. The van der Waals surface area contributed by atoms with Crippen LogP contribution in [0.5, 0.6) is 0 Å². The Hall–Kier alpha value is -3.01. The zero-order valence-electron chi connectivity index (χ0n) is 25.6. The number of benzene rings is 2. The summed E-state index contributed by atoms with van der Waals surface area (Å²) >= 11 is 6.00. The number of anilines is 2. The second-order valence-corrected chi connectivity index (χ2v) is 11.7. The summed E-state index contributed by atoms with van der Waals surface area (Å²) in [5.41, 5.74) is 0.546. The maximum atomic E-state index is 13.7. The van der Waals surface area contributed by atoms with Gasteiger partial charge in [0.25, 0.3) is 5.91 Å². The number of halogens is 10. The molecule has 1 atom stereocenters. The number of hydrogen-bond acceptors (Lipinski definition) is 6. The van der Waals surface area contributed by atoms with Gasteiger partial charge < -0.3 is 15.3 Å². The minimum Gasteiger partial charge on any atom is -0.480 e. The van der Waals surface area contributed by atoms with Crippen molar-refractivity contribution in [2.45, 2.75) is 37.8 Å². The number of rotatable bonds is 8. The summed E-state index contributed by atoms with van der Waals surface area (Å²) in [7, 11) is 0. The normalized spacial score (nSPS) is 17.0. The molecule has 2 aromatic carbocycles. The molecule has 18 heteroatoms. The Bertz CT molecular complexity index is 1590. The fraction of sp³-hybridized carbons (Fsp3) is 0.387. The van der Waals surface area contributed by atoms with Crippen molar-refractivity contribution in [2.75, 3.05) is 49.5 Å². The summed E-state index contributed by atoms with van der Waals surface area (Å²) in [4.78, 5) is 33.4. The van der Waals surface area contributed by atoms with E-state index in [-0.39, 0.29) is 96.4 Å². The number of carboxylic acids is 1. The topological polar surface area (TPSA) is 89.0 Å². The van der Waals surface area contributed by atoms with E-state index < -0.39 is 35.8 Å². The molecule has 0 spiro atoms. The van der Waals surface area contributed by atoms with E-state index in [1.54, 1.807) is 24.3 Å². The van der Waals surface area contributed by atoms with Crippen LogP contribution >= 0.6 is 48.8 Å². The number of aromatic nitrogens is 1. The van der Waals surface area contributed by atoms with Gasteiger partial charge in [-0.2, -0.15) is 26.3 Å². The van der Waals surface area contributed by atoms with Gasteiger partial charge in [0.15, 0.2) is 0 Å². The molecular weight excluding hydrogens is 746 g/mol. The number of carbonyl (C=O) groups is 2. The van der Waals surface area contributed by atoms with E-state index in [2.05, 4.69) is 15.2 Å². The summed E-state index contributed by atoms with van der Waals surface area (Å²) in [5.74, 6) is -1.41. The van der Waals surface area contributed by atoms with Gasteiger partial charge in [0, 0.05) is 60.8 Å². The first kappa shape index (κ1) is 42.2. The highest BCUT2D eigenvalue weighted by atomic mass is 35.5. The summed E-state index contributed by atoms with van der Waals surface area (Å²) in [5, 5.41) is 11.4. The average Bonchev–Trinajstić information content (AvgIpc) is 3.46. The molecule has 1 aromatic heterocycles. The van der Waals surface area contributed by atoms with Crippen LogP contribution in [0.15, 0.2) is 54.7 Å². The van der Waals surface area contributed by atoms with Crippen LogP contribution < -0.4 is 10.2 Å².